The molecule has 5 unspecified atom stereocenters. The van der Waals surface area contributed by atoms with Crippen molar-refractivity contribution in [3.05, 3.63) is 71.8 Å². The Kier molecular flexibility index (Phi) is 3.30. The second kappa shape index (κ2) is 5.20. The fourth-order valence-electron chi connectivity index (χ4n) is 3.70. The predicted molar refractivity (Wildman–Crippen MR) is 84.2 cm³/mol. The Hall–Kier alpha value is -1.68. The summed E-state index contributed by atoms with van der Waals surface area (Å²) in [5.41, 5.74) is 2.52. The van der Waals surface area contributed by atoms with Crippen molar-refractivity contribution in [1.82, 2.24) is 0 Å². The first-order valence-corrected chi connectivity index (χ1v) is 7.73. The van der Waals surface area contributed by atoms with Crippen molar-refractivity contribution in [2.45, 2.75) is 31.0 Å². The first-order chi connectivity index (χ1) is 10.7. The molecule has 0 aromatic heterocycles. The molecule has 0 radical (unpaired) electrons. The molecule has 2 aliphatic carbocycles. The quantitative estimate of drug-likeness (QED) is 0.787. The number of hydrogen-bond donors (Lipinski definition) is 0. The number of benzene rings is 1. The molecule has 1 aromatic carbocycles. The van der Waals surface area contributed by atoms with E-state index >= 15 is 0 Å². The van der Waals surface area contributed by atoms with Crippen molar-refractivity contribution in [3.8, 4) is 0 Å². The average Bonchev–Trinajstić information content (AvgIpc) is 2.86. The molecule has 0 N–H and O–H groups in total. The van der Waals surface area contributed by atoms with E-state index in [0.29, 0.717) is 5.92 Å². The summed E-state index contributed by atoms with van der Waals surface area (Å²) in [4.78, 5) is 0. The SMILES string of the molecule is COC1(C)OC2c3ccccc3C3\C=C/C=C\C=C/C3C2O1. The van der Waals surface area contributed by atoms with Crippen LogP contribution in [0.5, 0.6) is 0 Å². The van der Waals surface area contributed by atoms with Gasteiger partial charge in [0.25, 0.3) is 5.97 Å². The van der Waals surface area contributed by atoms with Gasteiger partial charge in [-0.15, -0.1) is 0 Å². The van der Waals surface area contributed by atoms with E-state index < -0.39 is 5.97 Å². The van der Waals surface area contributed by atoms with Gasteiger partial charge in [0, 0.05) is 25.9 Å². The van der Waals surface area contributed by atoms with Crippen LogP contribution in [0.1, 0.15) is 30.1 Å². The predicted octanol–water partition coefficient (Wildman–Crippen LogP) is 3.86. The molecule has 1 aliphatic heterocycles. The van der Waals surface area contributed by atoms with Gasteiger partial charge in [0.1, 0.15) is 12.2 Å². The van der Waals surface area contributed by atoms with Gasteiger partial charge in [-0.05, 0) is 11.1 Å². The number of hydrogen-bond acceptors (Lipinski definition) is 3. The van der Waals surface area contributed by atoms with E-state index in [-0.39, 0.29) is 18.1 Å². The molecule has 114 valence electrons. The topological polar surface area (TPSA) is 27.7 Å². The number of allylic oxidation sites excluding steroid dienone is 5. The van der Waals surface area contributed by atoms with Crippen molar-refractivity contribution in [2.75, 3.05) is 7.11 Å². The highest BCUT2D eigenvalue weighted by Gasteiger charge is 2.53. The molecule has 5 atom stereocenters. The average molecular weight is 296 g/mol. The van der Waals surface area contributed by atoms with Gasteiger partial charge in [0.05, 0.1) is 0 Å². The maximum absolute atomic E-state index is 6.17. The molecule has 1 fully saturated rings. The summed E-state index contributed by atoms with van der Waals surface area (Å²) in [6.45, 7) is 1.84. The number of methoxy groups -OCH3 is 1. The number of rotatable bonds is 1. The normalized spacial score (nSPS) is 43.2. The summed E-state index contributed by atoms with van der Waals surface area (Å²) in [7, 11) is 1.62. The van der Waals surface area contributed by atoms with Crippen LogP contribution in [0.15, 0.2) is 60.7 Å². The number of ether oxygens (including phenoxy) is 3. The molecule has 22 heavy (non-hydrogen) atoms. The van der Waals surface area contributed by atoms with Crippen LogP contribution in [0, 0.1) is 5.92 Å². The molecular formula is C19H20O3. The van der Waals surface area contributed by atoms with E-state index in [2.05, 4.69) is 54.6 Å². The lowest BCUT2D eigenvalue weighted by atomic mass is 9.71. The highest BCUT2D eigenvalue weighted by molar-refractivity contribution is 5.42. The molecule has 3 heteroatoms. The van der Waals surface area contributed by atoms with Gasteiger partial charge in [0.2, 0.25) is 0 Å². The number of fused-ring (bicyclic) bond motifs is 6. The standard InChI is InChI=1S/C19H20O3/c1-19(20-2)21-17-15-11-6-4-3-5-9-13(15)14-10-7-8-12-16(14)18(17)22-19/h3-13,15,17-18H,1-2H3/b4-3-,9-5-,11-6-. The van der Waals surface area contributed by atoms with Crippen LogP contribution in [0.3, 0.4) is 0 Å². The van der Waals surface area contributed by atoms with Gasteiger partial charge in [0.15, 0.2) is 0 Å². The zero-order valence-electron chi connectivity index (χ0n) is 12.8. The highest BCUT2D eigenvalue weighted by Crippen LogP contribution is 2.52. The van der Waals surface area contributed by atoms with Gasteiger partial charge in [-0.3, -0.25) is 0 Å². The molecule has 1 heterocycles. The van der Waals surface area contributed by atoms with Crippen molar-refractivity contribution < 1.29 is 14.2 Å². The molecule has 0 amide bonds. The van der Waals surface area contributed by atoms with Crippen molar-refractivity contribution in [2.24, 2.45) is 5.92 Å². The van der Waals surface area contributed by atoms with Crippen LogP contribution in [0.4, 0.5) is 0 Å². The first-order valence-electron chi connectivity index (χ1n) is 7.73. The Balaban J connectivity index is 1.86. The van der Waals surface area contributed by atoms with E-state index in [9.17, 15) is 0 Å². The van der Waals surface area contributed by atoms with Crippen LogP contribution in [0.2, 0.25) is 0 Å². The highest BCUT2D eigenvalue weighted by atomic mass is 16.9. The summed E-state index contributed by atoms with van der Waals surface area (Å²) in [6.07, 6.45) is 12.7. The molecule has 1 aromatic rings. The molecule has 0 spiro atoms. The van der Waals surface area contributed by atoms with E-state index in [4.69, 9.17) is 14.2 Å². The van der Waals surface area contributed by atoms with Crippen molar-refractivity contribution in [3.63, 3.8) is 0 Å². The Labute approximate surface area is 130 Å². The second-order valence-electron chi connectivity index (χ2n) is 6.07. The van der Waals surface area contributed by atoms with Crippen LogP contribution >= 0.6 is 0 Å². The van der Waals surface area contributed by atoms with Gasteiger partial charge in [-0.25, -0.2) is 0 Å². The zero-order valence-corrected chi connectivity index (χ0v) is 12.8. The lowest BCUT2D eigenvalue weighted by molar-refractivity contribution is -0.320. The minimum absolute atomic E-state index is 0.0442. The van der Waals surface area contributed by atoms with Crippen LogP contribution < -0.4 is 0 Å². The van der Waals surface area contributed by atoms with Crippen LogP contribution in [0.25, 0.3) is 0 Å². The van der Waals surface area contributed by atoms with Crippen molar-refractivity contribution in [1.29, 1.82) is 0 Å². The van der Waals surface area contributed by atoms with E-state index in [0.717, 1.165) is 0 Å². The fraction of sp³-hybridized carbons (Fsp3) is 0.368. The molecule has 4 rings (SSSR count). The van der Waals surface area contributed by atoms with Gasteiger partial charge in [-0.1, -0.05) is 60.7 Å². The maximum atomic E-state index is 6.17. The third-order valence-electron chi connectivity index (χ3n) is 4.80. The summed E-state index contributed by atoms with van der Waals surface area (Å²) in [5, 5.41) is 0. The lowest BCUT2D eigenvalue weighted by Gasteiger charge is -2.37. The lowest BCUT2D eigenvalue weighted by Crippen LogP contribution is -2.35. The molecular weight excluding hydrogens is 276 g/mol. The van der Waals surface area contributed by atoms with E-state index in [1.54, 1.807) is 7.11 Å². The third-order valence-corrected chi connectivity index (χ3v) is 4.80. The Morgan fingerprint density at radius 3 is 2.45 bits per heavy atom. The molecule has 1 saturated heterocycles. The minimum Gasteiger partial charge on any atom is -0.331 e. The van der Waals surface area contributed by atoms with Crippen LogP contribution in [-0.4, -0.2) is 19.2 Å². The van der Waals surface area contributed by atoms with Crippen LogP contribution in [-0.2, 0) is 14.2 Å². The summed E-state index contributed by atoms with van der Waals surface area (Å²) in [5.74, 6) is -0.452. The summed E-state index contributed by atoms with van der Waals surface area (Å²) in [6, 6.07) is 8.48. The first kappa shape index (κ1) is 13.9. The molecule has 3 aliphatic rings. The largest absolute Gasteiger partial charge is 0.331 e. The van der Waals surface area contributed by atoms with Gasteiger partial charge in [-0.2, -0.15) is 0 Å². The molecule has 3 nitrogen and oxygen atoms in total. The minimum atomic E-state index is -0.979. The Morgan fingerprint density at radius 2 is 1.68 bits per heavy atom. The smallest absolute Gasteiger partial charge is 0.280 e. The molecule has 0 saturated carbocycles. The Bertz CT molecular complexity index is 660. The maximum Gasteiger partial charge on any atom is 0.280 e. The molecule has 0 bridgehead atoms. The zero-order chi connectivity index (χ0) is 15.2. The van der Waals surface area contributed by atoms with E-state index in [1.807, 2.05) is 13.0 Å². The monoisotopic (exact) mass is 296 g/mol. The summed E-state index contributed by atoms with van der Waals surface area (Å²) < 4.78 is 17.7. The third kappa shape index (κ3) is 2.09. The second-order valence-corrected chi connectivity index (χ2v) is 6.07. The summed E-state index contributed by atoms with van der Waals surface area (Å²) >= 11 is 0. The van der Waals surface area contributed by atoms with Crippen molar-refractivity contribution >= 4 is 0 Å². The fourth-order valence-corrected chi connectivity index (χ4v) is 3.70. The Morgan fingerprint density at radius 1 is 0.955 bits per heavy atom. The van der Waals surface area contributed by atoms with Gasteiger partial charge < -0.3 is 14.2 Å². The van der Waals surface area contributed by atoms with Gasteiger partial charge >= 0.3 is 0 Å². The van der Waals surface area contributed by atoms with E-state index in [1.165, 1.54) is 11.1 Å².